The van der Waals surface area contributed by atoms with E-state index in [1.807, 2.05) is 0 Å². The molecule has 19 heavy (non-hydrogen) atoms. The second-order valence-corrected chi connectivity index (χ2v) is 5.94. The molecule has 0 aliphatic rings. The Labute approximate surface area is 132 Å². The van der Waals surface area contributed by atoms with Gasteiger partial charge in [-0.25, -0.2) is 0 Å². The van der Waals surface area contributed by atoms with Crippen LogP contribution in [-0.2, 0) is 0 Å². The van der Waals surface area contributed by atoms with Gasteiger partial charge >= 0.3 is 92.7 Å². The summed E-state index contributed by atoms with van der Waals surface area (Å²) in [6, 6.07) is 0. The van der Waals surface area contributed by atoms with Gasteiger partial charge in [-0.1, -0.05) is 39.0 Å². The molecule has 108 valence electrons. The van der Waals surface area contributed by atoms with Crippen LogP contribution in [0.5, 0.6) is 0 Å². The van der Waals surface area contributed by atoms with Gasteiger partial charge in [0.05, 0.1) is 0 Å². The van der Waals surface area contributed by atoms with Gasteiger partial charge in [0.2, 0.25) is 0 Å². The summed E-state index contributed by atoms with van der Waals surface area (Å²) in [6.07, 6.45) is 24.6. The molecule has 0 aromatic rings. The molecule has 0 aliphatic carbocycles. The Morgan fingerprint density at radius 3 is 1.47 bits per heavy atom. The molecule has 0 nitrogen and oxygen atoms in total. The van der Waals surface area contributed by atoms with Crippen molar-refractivity contribution in [3.8, 4) is 0 Å². The molecule has 0 N–H and O–H groups in total. The van der Waals surface area contributed by atoms with E-state index in [1.54, 1.807) is 0 Å². The first-order chi connectivity index (χ1) is 9.41. The maximum atomic E-state index is 2.41. The standard InChI is InChI=1S/C18H35.Li/c1-3-5-7-9-11-13-15-17-18-16-14-12-10-8-6-4-2;/h17-18H,1,3-16H2,2H3;/b18-17-;. The van der Waals surface area contributed by atoms with Gasteiger partial charge in [-0.15, -0.1) is 0 Å². The first-order valence-electron chi connectivity index (χ1n) is 9.06. The fourth-order valence-electron chi connectivity index (χ4n) is 2.50. The zero-order valence-electron chi connectivity index (χ0n) is 13.8. The third-order valence-electron chi connectivity index (χ3n) is 3.87. The average molecular weight is 258 g/mol. The zero-order valence-corrected chi connectivity index (χ0v) is 13.8. The van der Waals surface area contributed by atoms with Crippen molar-refractivity contribution in [3.63, 3.8) is 0 Å². The summed E-state index contributed by atoms with van der Waals surface area (Å²) < 4.78 is 0. The van der Waals surface area contributed by atoms with Crippen LogP contribution in [0.3, 0.4) is 0 Å². The van der Waals surface area contributed by atoms with Gasteiger partial charge in [-0.05, 0) is 0 Å². The van der Waals surface area contributed by atoms with E-state index in [0.717, 1.165) is 0 Å². The molecule has 0 heterocycles. The maximum absolute atomic E-state index is 2.41. The second-order valence-electron chi connectivity index (χ2n) is 5.94. The van der Waals surface area contributed by atoms with Crippen LogP contribution in [0.4, 0.5) is 0 Å². The van der Waals surface area contributed by atoms with Crippen LogP contribution in [0.15, 0.2) is 12.2 Å². The number of hydrogen-bond acceptors (Lipinski definition) is 0. The third kappa shape index (κ3) is 18.3. The van der Waals surface area contributed by atoms with Gasteiger partial charge in [0.25, 0.3) is 0 Å². The SMILES string of the molecule is [Li][CH2]CCCCCCC/C=C\CCCCCCCC. The van der Waals surface area contributed by atoms with E-state index in [9.17, 15) is 0 Å². The molecule has 0 atom stereocenters. The monoisotopic (exact) mass is 258 g/mol. The quantitative estimate of drug-likeness (QED) is 0.176. The fraction of sp³-hybridized carbons (Fsp3) is 0.889. The first kappa shape index (κ1) is 19.3. The van der Waals surface area contributed by atoms with Gasteiger partial charge in [0.15, 0.2) is 0 Å². The molecule has 0 aromatic heterocycles. The Morgan fingerprint density at radius 2 is 1.00 bits per heavy atom. The molecule has 0 aromatic carbocycles. The van der Waals surface area contributed by atoms with Crippen molar-refractivity contribution in [2.24, 2.45) is 0 Å². The van der Waals surface area contributed by atoms with E-state index in [2.05, 4.69) is 36.8 Å². The number of allylic oxidation sites excluding steroid dienone is 2. The van der Waals surface area contributed by atoms with Crippen LogP contribution in [0.25, 0.3) is 0 Å². The van der Waals surface area contributed by atoms with Crippen LogP contribution in [-0.4, -0.2) is 17.7 Å². The summed E-state index contributed by atoms with van der Waals surface area (Å²) in [7, 11) is 0. The Balaban J connectivity index is 3.01. The van der Waals surface area contributed by atoms with E-state index in [4.69, 9.17) is 0 Å². The van der Waals surface area contributed by atoms with Crippen molar-refractivity contribution in [2.75, 3.05) is 0 Å². The van der Waals surface area contributed by atoms with E-state index in [1.165, 1.54) is 95.0 Å². The third-order valence-corrected chi connectivity index (χ3v) is 3.87. The van der Waals surface area contributed by atoms with Crippen molar-refractivity contribution < 1.29 is 0 Å². The van der Waals surface area contributed by atoms with Gasteiger partial charge in [0.1, 0.15) is 0 Å². The molecule has 0 radical (unpaired) electrons. The van der Waals surface area contributed by atoms with Gasteiger partial charge in [-0.2, -0.15) is 0 Å². The molecule has 0 aliphatic heterocycles. The molecule has 0 bridgehead atoms. The predicted octanol–water partition coefficient (Wildman–Crippen LogP) is 6.61. The van der Waals surface area contributed by atoms with E-state index >= 15 is 0 Å². The molecule has 0 rings (SSSR count). The number of rotatable bonds is 15. The summed E-state index contributed by atoms with van der Waals surface area (Å²) in [5.74, 6) is 0. The van der Waals surface area contributed by atoms with Crippen molar-refractivity contribution in [1.82, 2.24) is 0 Å². The molecule has 0 unspecified atom stereocenters. The van der Waals surface area contributed by atoms with Crippen LogP contribution in [0.1, 0.15) is 96.8 Å². The summed E-state index contributed by atoms with van der Waals surface area (Å²) in [6.45, 7) is 2.28. The molecule has 0 saturated heterocycles. The topological polar surface area (TPSA) is 0 Å². The Bertz CT molecular complexity index is 175. The minimum absolute atomic E-state index is 1.31. The average Bonchev–Trinajstić information content (AvgIpc) is 2.43. The minimum atomic E-state index is 1.31. The van der Waals surface area contributed by atoms with E-state index < -0.39 is 0 Å². The smallest absolute Gasteiger partial charge is 0.0654 e. The zero-order chi connectivity index (χ0) is 14.0. The molecule has 0 fully saturated rings. The fourth-order valence-corrected chi connectivity index (χ4v) is 2.50. The summed E-state index contributed by atoms with van der Waals surface area (Å²) >= 11 is 2.29. The van der Waals surface area contributed by atoms with Crippen LogP contribution < -0.4 is 0 Å². The predicted molar refractivity (Wildman–Crippen MR) is 90.0 cm³/mol. The summed E-state index contributed by atoms with van der Waals surface area (Å²) in [4.78, 5) is 0. The van der Waals surface area contributed by atoms with Crippen molar-refractivity contribution in [3.05, 3.63) is 12.2 Å². The number of hydrogen-bond donors (Lipinski definition) is 0. The van der Waals surface area contributed by atoms with Gasteiger partial charge in [-0.3, -0.25) is 0 Å². The minimum Gasteiger partial charge on any atom is -0.0654 e. The molecule has 0 spiro atoms. The van der Waals surface area contributed by atoms with E-state index in [0.29, 0.717) is 0 Å². The molecule has 1 heteroatoms. The van der Waals surface area contributed by atoms with Crippen LogP contribution in [0, 0.1) is 0 Å². The van der Waals surface area contributed by atoms with E-state index in [-0.39, 0.29) is 0 Å². The summed E-state index contributed by atoms with van der Waals surface area (Å²) in [5, 5.41) is 1.36. The van der Waals surface area contributed by atoms with Crippen LogP contribution >= 0.6 is 0 Å². The first-order valence-corrected chi connectivity index (χ1v) is 9.06. The number of unbranched alkanes of at least 4 members (excludes halogenated alkanes) is 12. The van der Waals surface area contributed by atoms with Gasteiger partial charge in [0, 0.05) is 0 Å². The van der Waals surface area contributed by atoms with Crippen molar-refractivity contribution in [2.45, 2.75) is 102 Å². The normalized spacial score (nSPS) is 11.5. The van der Waals surface area contributed by atoms with Crippen LogP contribution in [0.2, 0.25) is 5.09 Å². The Morgan fingerprint density at radius 1 is 0.579 bits per heavy atom. The Kier molecular flexibility index (Phi) is 18.7. The molecular formula is C18H35Li. The Hall–Kier alpha value is 0.337. The molecule has 0 amide bonds. The summed E-state index contributed by atoms with van der Waals surface area (Å²) in [5.41, 5.74) is 0. The van der Waals surface area contributed by atoms with Crippen molar-refractivity contribution >= 4 is 17.7 Å². The molecular weight excluding hydrogens is 223 g/mol. The van der Waals surface area contributed by atoms with Crippen molar-refractivity contribution in [1.29, 1.82) is 0 Å². The van der Waals surface area contributed by atoms with Gasteiger partial charge < -0.3 is 0 Å². The molecule has 0 saturated carbocycles. The second kappa shape index (κ2) is 18.3.